The zero-order chi connectivity index (χ0) is 23.4. The van der Waals surface area contributed by atoms with Crippen LogP contribution in [0.1, 0.15) is 29.8 Å². The first kappa shape index (κ1) is 22.0. The first-order valence-corrected chi connectivity index (χ1v) is 10.7. The molecule has 0 aliphatic carbocycles. The lowest BCUT2D eigenvalue weighted by Gasteiger charge is -2.12. The number of hydrogen-bond acceptors (Lipinski definition) is 5. The number of aromatic nitrogens is 1. The monoisotopic (exact) mass is 441 g/mol. The molecule has 1 amide bonds. The maximum atomic E-state index is 13.3. The van der Waals surface area contributed by atoms with Crippen molar-refractivity contribution >= 4 is 28.2 Å². The van der Waals surface area contributed by atoms with Crippen LogP contribution in [-0.2, 0) is 6.42 Å². The second kappa shape index (κ2) is 9.48. The number of ether oxygens (including phenoxy) is 1. The van der Waals surface area contributed by atoms with E-state index < -0.39 is 10.8 Å². The number of pyridine rings is 1. The number of nitro benzene ring substituents is 1. The predicted octanol–water partition coefficient (Wildman–Crippen LogP) is 6.02. The summed E-state index contributed by atoms with van der Waals surface area (Å²) in [6, 6.07) is 21.5. The van der Waals surface area contributed by atoms with Gasteiger partial charge in [-0.25, -0.2) is 4.98 Å². The van der Waals surface area contributed by atoms with Crippen LogP contribution in [0, 0.1) is 10.1 Å². The minimum Gasteiger partial charge on any atom is -0.494 e. The number of nitro groups is 1. The average molecular weight is 441 g/mol. The summed E-state index contributed by atoms with van der Waals surface area (Å²) in [6.07, 6.45) is 0.931. The fraction of sp³-hybridized carbons (Fsp3) is 0.154. The Morgan fingerprint density at radius 2 is 1.79 bits per heavy atom. The van der Waals surface area contributed by atoms with Crippen LogP contribution < -0.4 is 10.1 Å². The molecular formula is C26H23N3O4. The van der Waals surface area contributed by atoms with Crippen LogP contribution in [0.4, 0.5) is 11.4 Å². The molecule has 0 radical (unpaired) electrons. The maximum Gasteiger partial charge on any atom is 0.296 e. The van der Waals surface area contributed by atoms with Crippen LogP contribution in [0.3, 0.4) is 0 Å². The topological polar surface area (TPSA) is 94.4 Å². The van der Waals surface area contributed by atoms with E-state index in [-0.39, 0.29) is 11.4 Å². The Kier molecular flexibility index (Phi) is 6.31. The summed E-state index contributed by atoms with van der Waals surface area (Å²) >= 11 is 0. The van der Waals surface area contributed by atoms with E-state index in [1.807, 2.05) is 48.5 Å². The van der Waals surface area contributed by atoms with Gasteiger partial charge < -0.3 is 10.1 Å². The molecule has 7 nitrogen and oxygen atoms in total. The molecule has 0 atom stereocenters. The highest BCUT2D eigenvalue weighted by atomic mass is 16.6. The van der Waals surface area contributed by atoms with Gasteiger partial charge in [-0.1, -0.05) is 49.4 Å². The highest BCUT2D eigenvalue weighted by Crippen LogP contribution is 2.31. The van der Waals surface area contributed by atoms with Gasteiger partial charge in [0.05, 0.1) is 34.4 Å². The number of hydrogen-bond donors (Lipinski definition) is 1. The smallest absolute Gasteiger partial charge is 0.296 e. The Labute approximate surface area is 191 Å². The normalized spacial score (nSPS) is 10.7. The summed E-state index contributed by atoms with van der Waals surface area (Å²) in [5.74, 6) is -0.0818. The molecule has 1 N–H and O–H groups in total. The van der Waals surface area contributed by atoms with Gasteiger partial charge in [-0.05, 0) is 43.2 Å². The van der Waals surface area contributed by atoms with Gasteiger partial charge in [0.15, 0.2) is 0 Å². The zero-order valence-corrected chi connectivity index (χ0v) is 18.4. The standard InChI is InChI=1S/C26H23N3O4/c1-3-17-9-11-18(12-10-17)24-16-21(20-7-5-6-8-22(20)27-24)26(30)28-23-14-13-19(33-4-2)15-25(23)29(31)32/h5-16H,3-4H2,1-2H3,(H,28,30). The molecular weight excluding hydrogens is 418 g/mol. The summed E-state index contributed by atoms with van der Waals surface area (Å²) in [6.45, 7) is 4.27. The van der Waals surface area contributed by atoms with Gasteiger partial charge in [0.25, 0.3) is 11.6 Å². The number of fused-ring (bicyclic) bond motifs is 1. The molecule has 0 fully saturated rings. The molecule has 1 aromatic heterocycles. The Bertz CT molecular complexity index is 1330. The summed E-state index contributed by atoms with van der Waals surface area (Å²) in [4.78, 5) is 29.1. The number of nitrogens with one attached hydrogen (secondary N) is 1. The van der Waals surface area contributed by atoms with Crippen LogP contribution in [0.5, 0.6) is 5.75 Å². The van der Waals surface area contributed by atoms with E-state index in [0.717, 1.165) is 12.0 Å². The molecule has 166 valence electrons. The van der Waals surface area contributed by atoms with Gasteiger partial charge in [0.2, 0.25) is 0 Å². The third kappa shape index (κ3) is 4.67. The van der Waals surface area contributed by atoms with Crippen molar-refractivity contribution in [1.82, 2.24) is 4.98 Å². The van der Waals surface area contributed by atoms with E-state index in [1.165, 1.54) is 17.7 Å². The number of benzene rings is 3. The molecule has 0 aliphatic heterocycles. The van der Waals surface area contributed by atoms with Gasteiger partial charge >= 0.3 is 0 Å². The highest BCUT2D eigenvalue weighted by molar-refractivity contribution is 6.13. The molecule has 7 heteroatoms. The number of para-hydroxylation sites is 1. The van der Waals surface area contributed by atoms with E-state index in [1.54, 1.807) is 19.1 Å². The second-order valence-electron chi connectivity index (χ2n) is 7.45. The van der Waals surface area contributed by atoms with Crippen LogP contribution in [-0.4, -0.2) is 22.4 Å². The van der Waals surface area contributed by atoms with Gasteiger partial charge in [-0.3, -0.25) is 14.9 Å². The number of anilines is 1. The SMILES string of the molecule is CCOc1ccc(NC(=O)c2cc(-c3ccc(CC)cc3)nc3ccccc23)c([N+](=O)[O-])c1. The van der Waals surface area contributed by atoms with Crippen molar-refractivity contribution in [3.05, 3.63) is 94.0 Å². The van der Waals surface area contributed by atoms with E-state index in [4.69, 9.17) is 9.72 Å². The van der Waals surface area contributed by atoms with Gasteiger partial charge in [-0.2, -0.15) is 0 Å². The predicted molar refractivity (Wildman–Crippen MR) is 129 cm³/mol. The fourth-order valence-electron chi connectivity index (χ4n) is 3.64. The third-order valence-corrected chi connectivity index (χ3v) is 5.34. The van der Waals surface area contributed by atoms with Gasteiger partial charge in [0, 0.05) is 10.9 Å². The van der Waals surface area contributed by atoms with Gasteiger partial charge in [0.1, 0.15) is 11.4 Å². The lowest BCUT2D eigenvalue weighted by atomic mass is 10.0. The summed E-state index contributed by atoms with van der Waals surface area (Å²) in [5.41, 5.74) is 3.67. The fourth-order valence-corrected chi connectivity index (χ4v) is 3.64. The van der Waals surface area contributed by atoms with Crippen LogP contribution >= 0.6 is 0 Å². The number of carbonyl (C=O) groups excluding carboxylic acids is 1. The molecule has 4 rings (SSSR count). The Hall–Kier alpha value is -4.26. The van der Waals surface area contributed by atoms with Crippen molar-refractivity contribution in [3.63, 3.8) is 0 Å². The largest absolute Gasteiger partial charge is 0.494 e. The zero-order valence-electron chi connectivity index (χ0n) is 18.4. The third-order valence-electron chi connectivity index (χ3n) is 5.34. The van der Waals surface area contributed by atoms with Crippen LogP contribution in [0.15, 0.2) is 72.8 Å². The minimum absolute atomic E-state index is 0.100. The molecule has 0 saturated carbocycles. The molecule has 3 aromatic carbocycles. The van der Waals surface area contributed by atoms with Crippen molar-refractivity contribution in [1.29, 1.82) is 0 Å². The van der Waals surface area contributed by atoms with Crippen molar-refractivity contribution in [3.8, 4) is 17.0 Å². The molecule has 0 aliphatic rings. The number of carbonyl (C=O) groups is 1. The minimum atomic E-state index is -0.538. The van der Waals surface area contributed by atoms with E-state index in [9.17, 15) is 14.9 Å². The Morgan fingerprint density at radius 1 is 1.03 bits per heavy atom. The Morgan fingerprint density at radius 3 is 2.48 bits per heavy atom. The molecule has 0 saturated heterocycles. The van der Waals surface area contributed by atoms with Crippen molar-refractivity contribution in [2.75, 3.05) is 11.9 Å². The van der Waals surface area contributed by atoms with E-state index in [2.05, 4.69) is 12.2 Å². The molecule has 0 bridgehead atoms. The first-order valence-electron chi connectivity index (χ1n) is 10.7. The first-order chi connectivity index (χ1) is 16.0. The summed E-state index contributed by atoms with van der Waals surface area (Å²) in [7, 11) is 0. The number of amides is 1. The summed E-state index contributed by atoms with van der Waals surface area (Å²) in [5, 5.41) is 15.0. The van der Waals surface area contributed by atoms with Gasteiger partial charge in [-0.15, -0.1) is 0 Å². The summed E-state index contributed by atoms with van der Waals surface area (Å²) < 4.78 is 5.35. The lowest BCUT2D eigenvalue weighted by Crippen LogP contribution is -2.14. The van der Waals surface area contributed by atoms with Crippen molar-refractivity contribution in [2.24, 2.45) is 0 Å². The van der Waals surface area contributed by atoms with Crippen molar-refractivity contribution < 1.29 is 14.5 Å². The number of aryl methyl sites for hydroxylation is 1. The van der Waals surface area contributed by atoms with E-state index in [0.29, 0.717) is 34.5 Å². The molecule has 0 unspecified atom stereocenters. The second-order valence-corrected chi connectivity index (χ2v) is 7.45. The van der Waals surface area contributed by atoms with E-state index >= 15 is 0 Å². The molecule has 33 heavy (non-hydrogen) atoms. The number of rotatable bonds is 7. The molecule has 1 heterocycles. The lowest BCUT2D eigenvalue weighted by molar-refractivity contribution is -0.384. The van der Waals surface area contributed by atoms with Crippen molar-refractivity contribution in [2.45, 2.75) is 20.3 Å². The Balaban J connectivity index is 1.76. The van der Waals surface area contributed by atoms with Crippen LogP contribution in [0.25, 0.3) is 22.2 Å². The average Bonchev–Trinajstić information content (AvgIpc) is 2.84. The molecule has 4 aromatic rings. The number of nitrogens with zero attached hydrogens (tertiary/aromatic N) is 2. The highest BCUT2D eigenvalue weighted by Gasteiger charge is 2.20. The quantitative estimate of drug-likeness (QED) is 0.279. The maximum absolute atomic E-state index is 13.3. The van der Waals surface area contributed by atoms with Crippen LogP contribution in [0.2, 0.25) is 0 Å². The molecule has 0 spiro atoms.